The monoisotopic (exact) mass is 259 g/mol. The van der Waals surface area contributed by atoms with E-state index >= 15 is 0 Å². The van der Waals surface area contributed by atoms with Crippen molar-refractivity contribution in [2.24, 2.45) is 0 Å². The van der Waals surface area contributed by atoms with Crippen molar-refractivity contribution >= 4 is 0 Å². The van der Waals surface area contributed by atoms with E-state index in [0.717, 1.165) is 36.6 Å². The predicted molar refractivity (Wildman–Crippen MR) is 74.8 cm³/mol. The minimum Gasteiger partial charge on any atom is -0.304 e. The van der Waals surface area contributed by atoms with Crippen molar-refractivity contribution in [2.75, 3.05) is 6.54 Å². The second-order valence-electron chi connectivity index (χ2n) is 4.58. The molecule has 2 aromatic rings. The number of pyridine rings is 1. The van der Waals surface area contributed by atoms with Crippen molar-refractivity contribution in [3.63, 3.8) is 0 Å². The Bertz CT molecular complexity index is 520. The Morgan fingerprint density at radius 2 is 2.16 bits per heavy atom. The van der Waals surface area contributed by atoms with E-state index < -0.39 is 0 Å². The number of hydrogen-bond acceptors (Lipinski definition) is 4. The maximum absolute atomic E-state index is 4.62. The SMILES string of the molecule is CCCn1nncc1C(NCC)c1cccc(C)n1. The third-order valence-electron chi connectivity index (χ3n) is 2.99. The Balaban J connectivity index is 2.36. The van der Waals surface area contributed by atoms with Crippen molar-refractivity contribution < 1.29 is 0 Å². The maximum atomic E-state index is 4.62. The van der Waals surface area contributed by atoms with Crippen LogP contribution in [-0.4, -0.2) is 26.5 Å². The molecule has 0 aliphatic heterocycles. The van der Waals surface area contributed by atoms with Crippen LogP contribution in [-0.2, 0) is 6.54 Å². The summed E-state index contributed by atoms with van der Waals surface area (Å²) in [5.74, 6) is 0. The molecule has 0 saturated heterocycles. The smallest absolute Gasteiger partial charge is 0.0938 e. The summed E-state index contributed by atoms with van der Waals surface area (Å²) in [6.45, 7) is 7.99. The van der Waals surface area contributed by atoms with Crippen LogP contribution in [0, 0.1) is 6.92 Å². The van der Waals surface area contributed by atoms with Crippen LogP contribution in [0.1, 0.15) is 43.4 Å². The largest absolute Gasteiger partial charge is 0.304 e. The zero-order chi connectivity index (χ0) is 13.7. The number of rotatable bonds is 6. The third-order valence-corrected chi connectivity index (χ3v) is 2.99. The van der Waals surface area contributed by atoms with Crippen molar-refractivity contribution in [1.82, 2.24) is 25.3 Å². The first kappa shape index (κ1) is 13.7. The lowest BCUT2D eigenvalue weighted by atomic mass is 10.1. The summed E-state index contributed by atoms with van der Waals surface area (Å²) in [6, 6.07) is 6.14. The summed E-state index contributed by atoms with van der Waals surface area (Å²) in [5.41, 5.74) is 3.11. The van der Waals surface area contributed by atoms with E-state index in [2.05, 4.69) is 34.5 Å². The third kappa shape index (κ3) is 3.17. The quantitative estimate of drug-likeness (QED) is 0.863. The maximum Gasteiger partial charge on any atom is 0.0938 e. The zero-order valence-corrected chi connectivity index (χ0v) is 11.8. The normalized spacial score (nSPS) is 12.6. The molecule has 0 amide bonds. The number of aromatic nitrogens is 4. The van der Waals surface area contributed by atoms with Crippen molar-refractivity contribution in [2.45, 2.75) is 39.8 Å². The first-order valence-corrected chi connectivity index (χ1v) is 6.81. The van der Waals surface area contributed by atoms with Gasteiger partial charge in [0.1, 0.15) is 0 Å². The molecule has 0 aromatic carbocycles. The molecule has 1 atom stereocenters. The molecule has 0 radical (unpaired) electrons. The fourth-order valence-electron chi connectivity index (χ4n) is 2.16. The Morgan fingerprint density at radius 1 is 1.32 bits per heavy atom. The highest BCUT2D eigenvalue weighted by Crippen LogP contribution is 2.19. The second-order valence-corrected chi connectivity index (χ2v) is 4.58. The van der Waals surface area contributed by atoms with Gasteiger partial charge in [-0.15, -0.1) is 5.10 Å². The summed E-state index contributed by atoms with van der Waals surface area (Å²) in [6.07, 6.45) is 2.86. The number of nitrogens with zero attached hydrogens (tertiary/aromatic N) is 4. The van der Waals surface area contributed by atoms with Crippen LogP contribution in [0.15, 0.2) is 24.4 Å². The van der Waals surface area contributed by atoms with Crippen LogP contribution in [0.3, 0.4) is 0 Å². The summed E-state index contributed by atoms with van der Waals surface area (Å²) in [5, 5.41) is 11.7. The van der Waals surface area contributed by atoms with Gasteiger partial charge in [-0.2, -0.15) is 0 Å². The molecule has 0 bridgehead atoms. The van der Waals surface area contributed by atoms with Crippen molar-refractivity contribution in [3.05, 3.63) is 41.5 Å². The molecule has 0 spiro atoms. The molecule has 102 valence electrons. The van der Waals surface area contributed by atoms with Gasteiger partial charge in [-0.1, -0.05) is 25.1 Å². The molecule has 2 heterocycles. The minimum absolute atomic E-state index is 0.0476. The van der Waals surface area contributed by atoms with Gasteiger partial charge >= 0.3 is 0 Å². The first-order valence-electron chi connectivity index (χ1n) is 6.81. The van der Waals surface area contributed by atoms with Crippen LogP contribution in [0.2, 0.25) is 0 Å². The van der Waals surface area contributed by atoms with E-state index in [-0.39, 0.29) is 6.04 Å². The van der Waals surface area contributed by atoms with Gasteiger partial charge in [0, 0.05) is 12.2 Å². The second kappa shape index (κ2) is 6.43. The van der Waals surface area contributed by atoms with Gasteiger partial charge in [0.15, 0.2) is 0 Å². The van der Waals surface area contributed by atoms with E-state index in [1.54, 1.807) is 0 Å². The van der Waals surface area contributed by atoms with E-state index in [1.807, 2.05) is 36.0 Å². The fourth-order valence-corrected chi connectivity index (χ4v) is 2.16. The van der Waals surface area contributed by atoms with E-state index in [4.69, 9.17) is 0 Å². The highest BCUT2D eigenvalue weighted by atomic mass is 15.4. The van der Waals surface area contributed by atoms with Gasteiger partial charge < -0.3 is 5.32 Å². The minimum atomic E-state index is 0.0476. The van der Waals surface area contributed by atoms with Crippen LogP contribution in [0.25, 0.3) is 0 Å². The molecule has 0 aliphatic rings. The molecule has 5 heteroatoms. The average molecular weight is 259 g/mol. The molecular formula is C14H21N5. The lowest BCUT2D eigenvalue weighted by molar-refractivity contribution is 0.506. The Labute approximate surface area is 114 Å². The van der Waals surface area contributed by atoms with E-state index in [0.29, 0.717) is 0 Å². The lowest BCUT2D eigenvalue weighted by Crippen LogP contribution is -2.26. The Kier molecular flexibility index (Phi) is 4.63. The molecule has 1 unspecified atom stereocenters. The lowest BCUT2D eigenvalue weighted by Gasteiger charge is -2.18. The topological polar surface area (TPSA) is 55.6 Å². The summed E-state index contributed by atoms with van der Waals surface area (Å²) in [7, 11) is 0. The summed E-state index contributed by atoms with van der Waals surface area (Å²) < 4.78 is 1.96. The van der Waals surface area contributed by atoms with Gasteiger partial charge in [0.2, 0.25) is 0 Å². The van der Waals surface area contributed by atoms with Gasteiger partial charge in [-0.3, -0.25) is 4.98 Å². The van der Waals surface area contributed by atoms with Crippen LogP contribution in [0.4, 0.5) is 0 Å². The van der Waals surface area contributed by atoms with Gasteiger partial charge in [-0.05, 0) is 32.0 Å². The van der Waals surface area contributed by atoms with Crippen LogP contribution < -0.4 is 5.32 Å². The Morgan fingerprint density at radius 3 is 2.84 bits per heavy atom. The summed E-state index contributed by atoms with van der Waals surface area (Å²) in [4.78, 5) is 4.62. The van der Waals surface area contributed by atoms with Crippen LogP contribution in [0.5, 0.6) is 0 Å². The van der Waals surface area contributed by atoms with Gasteiger partial charge in [-0.25, -0.2) is 4.68 Å². The number of nitrogens with one attached hydrogen (secondary N) is 1. The standard InChI is InChI=1S/C14H21N5/c1-4-9-19-13(10-16-18-19)14(15-5-2)12-8-6-7-11(3)17-12/h6-8,10,14-15H,4-5,9H2,1-3H3. The average Bonchev–Trinajstić information content (AvgIpc) is 2.84. The first-order chi connectivity index (χ1) is 9.26. The molecule has 19 heavy (non-hydrogen) atoms. The molecule has 0 fully saturated rings. The highest BCUT2D eigenvalue weighted by molar-refractivity contribution is 5.22. The number of aryl methyl sites for hydroxylation is 2. The molecular weight excluding hydrogens is 238 g/mol. The van der Waals surface area contributed by atoms with Gasteiger partial charge in [0.25, 0.3) is 0 Å². The number of hydrogen-bond donors (Lipinski definition) is 1. The molecule has 0 aliphatic carbocycles. The van der Waals surface area contributed by atoms with E-state index in [9.17, 15) is 0 Å². The predicted octanol–water partition coefficient (Wildman–Crippen LogP) is 2.09. The highest BCUT2D eigenvalue weighted by Gasteiger charge is 2.19. The van der Waals surface area contributed by atoms with Crippen LogP contribution >= 0.6 is 0 Å². The van der Waals surface area contributed by atoms with Crippen molar-refractivity contribution in [3.8, 4) is 0 Å². The zero-order valence-electron chi connectivity index (χ0n) is 11.8. The van der Waals surface area contributed by atoms with Crippen molar-refractivity contribution in [1.29, 1.82) is 0 Å². The molecule has 1 N–H and O–H groups in total. The molecule has 2 rings (SSSR count). The fraction of sp³-hybridized carbons (Fsp3) is 0.500. The summed E-state index contributed by atoms with van der Waals surface area (Å²) >= 11 is 0. The van der Waals surface area contributed by atoms with E-state index in [1.165, 1.54) is 0 Å². The van der Waals surface area contributed by atoms with Gasteiger partial charge in [0.05, 0.1) is 23.6 Å². The molecule has 2 aromatic heterocycles. The Hall–Kier alpha value is -1.75. The molecule has 0 saturated carbocycles. The molecule has 5 nitrogen and oxygen atoms in total.